The van der Waals surface area contributed by atoms with Crippen LogP contribution in [-0.4, -0.2) is 49.0 Å². The molecule has 2 rings (SSSR count). The Bertz CT molecular complexity index is 562. The maximum atomic E-state index is 12.7. The van der Waals surface area contributed by atoms with E-state index < -0.39 is 12.0 Å². The van der Waals surface area contributed by atoms with Crippen LogP contribution in [0.5, 0.6) is 5.75 Å². The molecule has 0 unspecified atom stereocenters. The summed E-state index contributed by atoms with van der Waals surface area (Å²) >= 11 is 0. The molecular weight excluding hydrogens is 294 g/mol. The zero-order valence-corrected chi connectivity index (χ0v) is 13.8. The summed E-state index contributed by atoms with van der Waals surface area (Å²) < 4.78 is 5.59. The quantitative estimate of drug-likeness (QED) is 0.824. The molecule has 0 bridgehead atoms. The molecule has 0 fully saturated rings. The molecule has 0 saturated heterocycles. The minimum absolute atomic E-state index is 0.0371. The van der Waals surface area contributed by atoms with Crippen LogP contribution in [0.4, 0.5) is 5.69 Å². The van der Waals surface area contributed by atoms with E-state index in [0.717, 1.165) is 25.9 Å². The molecule has 0 radical (unpaired) electrons. The number of nitrogens with zero attached hydrogens (tertiary/aromatic N) is 2. The Morgan fingerprint density at radius 1 is 1.35 bits per heavy atom. The van der Waals surface area contributed by atoms with Gasteiger partial charge < -0.3 is 15.4 Å². The van der Waals surface area contributed by atoms with Gasteiger partial charge >= 0.3 is 0 Å². The molecule has 23 heavy (non-hydrogen) atoms. The lowest BCUT2D eigenvalue weighted by Crippen LogP contribution is -2.51. The first-order valence-corrected chi connectivity index (χ1v) is 8.14. The third-order valence-electron chi connectivity index (χ3n) is 4.03. The Morgan fingerprint density at radius 3 is 2.74 bits per heavy atom. The fourth-order valence-corrected chi connectivity index (χ4v) is 2.63. The third kappa shape index (κ3) is 4.22. The molecule has 0 spiro atoms. The number of primary amides is 1. The van der Waals surface area contributed by atoms with E-state index in [9.17, 15) is 9.59 Å². The van der Waals surface area contributed by atoms with Crippen molar-refractivity contribution in [1.29, 1.82) is 0 Å². The van der Waals surface area contributed by atoms with Crippen LogP contribution in [0.15, 0.2) is 24.3 Å². The van der Waals surface area contributed by atoms with Crippen molar-refractivity contribution in [2.24, 2.45) is 5.73 Å². The average molecular weight is 319 g/mol. The topological polar surface area (TPSA) is 75.9 Å². The first-order chi connectivity index (χ1) is 11.1. The highest BCUT2D eigenvalue weighted by atomic mass is 16.5. The van der Waals surface area contributed by atoms with E-state index in [1.165, 1.54) is 0 Å². The Morgan fingerprint density at radius 2 is 2.09 bits per heavy atom. The van der Waals surface area contributed by atoms with Crippen LogP contribution in [-0.2, 0) is 9.59 Å². The summed E-state index contributed by atoms with van der Waals surface area (Å²) in [6.45, 7) is 6.38. The number of ether oxygens (including phenoxy) is 1. The molecule has 1 aliphatic heterocycles. The lowest BCUT2D eigenvalue weighted by Gasteiger charge is -2.34. The van der Waals surface area contributed by atoms with Crippen LogP contribution >= 0.6 is 0 Å². The van der Waals surface area contributed by atoms with Crippen molar-refractivity contribution in [2.75, 3.05) is 31.1 Å². The molecule has 0 aromatic heterocycles. The van der Waals surface area contributed by atoms with Gasteiger partial charge in [-0.2, -0.15) is 0 Å². The Labute approximate surface area is 137 Å². The van der Waals surface area contributed by atoms with Gasteiger partial charge in [-0.3, -0.25) is 14.5 Å². The van der Waals surface area contributed by atoms with Gasteiger partial charge in [0, 0.05) is 0 Å². The molecule has 126 valence electrons. The maximum Gasteiger partial charge on any atom is 0.260 e. The molecule has 0 saturated carbocycles. The Kier molecular flexibility index (Phi) is 5.98. The number of rotatable bonds is 7. The molecular formula is C17H25N3O3. The minimum atomic E-state index is -0.806. The minimum Gasteiger partial charge on any atom is -0.477 e. The fourth-order valence-electron chi connectivity index (χ4n) is 2.63. The van der Waals surface area contributed by atoms with Crippen LogP contribution < -0.4 is 15.4 Å². The second-order valence-electron chi connectivity index (χ2n) is 5.70. The summed E-state index contributed by atoms with van der Waals surface area (Å²) in [5.74, 6) is -0.0758. The van der Waals surface area contributed by atoms with Crippen LogP contribution in [0.25, 0.3) is 0 Å². The molecule has 1 heterocycles. The lowest BCUT2D eigenvalue weighted by atomic mass is 10.1. The highest BCUT2D eigenvalue weighted by Gasteiger charge is 2.32. The fraction of sp³-hybridized carbons (Fsp3) is 0.529. The van der Waals surface area contributed by atoms with E-state index in [2.05, 4.69) is 11.8 Å². The number of anilines is 1. The molecule has 0 aliphatic carbocycles. The van der Waals surface area contributed by atoms with E-state index in [-0.39, 0.29) is 12.5 Å². The van der Waals surface area contributed by atoms with E-state index in [1.807, 2.05) is 25.1 Å². The SMILES string of the molecule is CCCCN(CC)CC(=O)N1C[C@H](C(N)=O)Oc2ccccc21. The molecule has 1 aromatic rings. The zero-order chi connectivity index (χ0) is 16.8. The van der Waals surface area contributed by atoms with Crippen molar-refractivity contribution in [3.8, 4) is 5.75 Å². The van der Waals surface area contributed by atoms with Gasteiger partial charge in [0.25, 0.3) is 5.91 Å². The summed E-state index contributed by atoms with van der Waals surface area (Å²) in [7, 11) is 0. The van der Waals surface area contributed by atoms with Crippen LogP contribution in [0.2, 0.25) is 0 Å². The molecule has 6 heteroatoms. The smallest absolute Gasteiger partial charge is 0.260 e. The average Bonchev–Trinajstić information content (AvgIpc) is 2.57. The normalized spacial score (nSPS) is 16.8. The largest absolute Gasteiger partial charge is 0.477 e. The Hall–Kier alpha value is -2.08. The molecule has 6 nitrogen and oxygen atoms in total. The number of unbranched alkanes of at least 4 members (excludes halogenated alkanes) is 1. The predicted octanol–water partition coefficient (Wildman–Crippen LogP) is 1.39. The number of carbonyl (C=O) groups excluding carboxylic acids is 2. The van der Waals surface area contributed by atoms with Gasteiger partial charge in [-0.25, -0.2) is 0 Å². The lowest BCUT2D eigenvalue weighted by molar-refractivity contribution is -0.125. The molecule has 1 aliphatic rings. The van der Waals surface area contributed by atoms with Gasteiger partial charge in [0.15, 0.2) is 6.10 Å². The van der Waals surface area contributed by atoms with Gasteiger partial charge in [0.05, 0.1) is 18.8 Å². The number of carbonyl (C=O) groups is 2. The van der Waals surface area contributed by atoms with Crippen LogP contribution in [0.3, 0.4) is 0 Å². The number of hydrogen-bond acceptors (Lipinski definition) is 4. The standard InChI is InChI=1S/C17H25N3O3/c1-3-5-10-19(4-2)12-16(21)20-11-15(17(18)22)23-14-9-7-6-8-13(14)20/h6-9,15H,3-5,10-12H2,1-2H3,(H2,18,22)/t15-/m1/s1. The van der Waals surface area contributed by atoms with Crippen molar-refractivity contribution in [2.45, 2.75) is 32.8 Å². The summed E-state index contributed by atoms with van der Waals surface area (Å²) in [5, 5.41) is 0. The first-order valence-electron chi connectivity index (χ1n) is 8.14. The second kappa shape index (κ2) is 7.97. The van der Waals surface area contributed by atoms with E-state index >= 15 is 0 Å². The zero-order valence-electron chi connectivity index (χ0n) is 13.8. The summed E-state index contributed by atoms with van der Waals surface area (Å²) in [4.78, 5) is 28.0. The van der Waals surface area contributed by atoms with Crippen LogP contribution in [0, 0.1) is 0 Å². The molecule has 2 amide bonds. The number of hydrogen-bond donors (Lipinski definition) is 1. The monoisotopic (exact) mass is 319 g/mol. The van der Waals surface area contributed by atoms with Crippen molar-refractivity contribution in [1.82, 2.24) is 4.90 Å². The Balaban J connectivity index is 2.16. The molecule has 1 aromatic carbocycles. The number of fused-ring (bicyclic) bond motifs is 1. The van der Waals surface area contributed by atoms with E-state index in [0.29, 0.717) is 18.0 Å². The summed E-state index contributed by atoms with van der Waals surface area (Å²) in [6, 6.07) is 7.23. The number of benzene rings is 1. The summed E-state index contributed by atoms with van der Waals surface area (Å²) in [6.07, 6.45) is 1.35. The molecule has 1 atom stereocenters. The van der Waals surface area contributed by atoms with E-state index in [4.69, 9.17) is 10.5 Å². The summed E-state index contributed by atoms with van der Waals surface area (Å²) in [5.41, 5.74) is 6.06. The predicted molar refractivity (Wildman–Crippen MR) is 89.4 cm³/mol. The van der Waals surface area contributed by atoms with Gasteiger partial charge in [0.1, 0.15) is 5.75 Å². The molecule has 2 N–H and O–H groups in total. The number of nitrogens with two attached hydrogens (primary N) is 1. The van der Waals surface area contributed by atoms with Crippen LogP contribution in [0.1, 0.15) is 26.7 Å². The second-order valence-corrected chi connectivity index (χ2v) is 5.70. The first kappa shape index (κ1) is 17.3. The van der Waals surface area contributed by atoms with Crippen molar-refractivity contribution >= 4 is 17.5 Å². The number of para-hydroxylation sites is 2. The number of likely N-dealkylation sites (N-methyl/N-ethyl adjacent to an activating group) is 1. The highest BCUT2D eigenvalue weighted by molar-refractivity contribution is 5.98. The third-order valence-corrected chi connectivity index (χ3v) is 4.03. The van der Waals surface area contributed by atoms with Gasteiger partial charge in [-0.05, 0) is 31.6 Å². The van der Waals surface area contributed by atoms with Gasteiger partial charge in [-0.15, -0.1) is 0 Å². The maximum absolute atomic E-state index is 12.7. The van der Waals surface area contributed by atoms with E-state index in [1.54, 1.807) is 11.0 Å². The van der Waals surface area contributed by atoms with Gasteiger partial charge in [0.2, 0.25) is 5.91 Å². The van der Waals surface area contributed by atoms with Gasteiger partial charge in [-0.1, -0.05) is 32.4 Å². The van der Waals surface area contributed by atoms with Crippen molar-refractivity contribution in [3.05, 3.63) is 24.3 Å². The van der Waals surface area contributed by atoms with Crippen molar-refractivity contribution < 1.29 is 14.3 Å². The number of amides is 2. The van der Waals surface area contributed by atoms with Crippen molar-refractivity contribution in [3.63, 3.8) is 0 Å². The highest BCUT2D eigenvalue weighted by Crippen LogP contribution is 2.33.